The molecule has 76 valence electrons. The molecule has 2 aromatic heterocycles. The molecule has 0 radical (unpaired) electrons. The minimum atomic E-state index is 0.885. The normalized spacial score (nSPS) is 15.3. The molecule has 3 heteroatoms. The highest BCUT2D eigenvalue weighted by atomic mass is 14.9. The number of hydrogen-bond donors (Lipinski definition) is 1. The third-order valence-electron chi connectivity index (χ3n) is 3.07. The van der Waals surface area contributed by atoms with E-state index in [9.17, 15) is 0 Å². The van der Waals surface area contributed by atoms with Crippen molar-refractivity contribution < 1.29 is 0 Å². The Labute approximate surface area is 88.6 Å². The molecular weight excluding hydrogens is 186 g/mol. The molecule has 1 aliphatic rings. The number of nitrogens with one attached hydrogen (secondary N) is 1. The average Bonchev–Trinajstić information content (AvgIpc) is 2.30. The van der Waals surface area contributed by atoms with Gasteiger partial charge in [0.2, 0.25) is 0 Å². The van der Waals surface area contributed by atoms with E-state index >= 15 is 0 Å². The zero-order valence-corrected chi connectivity index (χ0v) is 8.75. The van der Waals surface area contributed by atoms with Crippen molar-refractivity contribution in [3.63, 3.8) is 0 Å². The van der Waals surface area contributed by atoms with Crippen molar-refractivity contribution in [1.29, 1.82) is 0 Å². The zero-order chi connectivity index (χ0) is 10.3. The topological polar surface area (TPSA) is 37.8 Å². The first-order valence-electron chi connectivity index (χ1n) is 5.30. The van der Waals surface area contributed by atoms with Crippen molar-refractivity contribution in [1.82, 2.24) is 15.3 Å². The van der Waals surface area contributed by atoms with Crippen LogP contribution in [0.15, 0.2) is 18.3 Å². The number of fused-ring (bicyclic) bond motifs is 2. The molecule has 3 nitrogen and oxygen atoms in total. The predicted octanol–water partition coefficient (Wildman–Crippen LogP) is 1.58. The lowest BCUT2D eigenvalue weighted by Crippen LogP contribution is -2.25. The van der Waals surface area contributed by atoms with Crippen molar-refractivity contribution in [2.45, 2.75) is 19.9 Å². The second kappa shape index (κ2) is 3.28. The summed E-state index contributed by atoms with van der Waals surface area (Å²) in [4.78, 5) is 8.94. The number of hydrogen-bond acceptors (Lipinski definition) is 3. The first-order valence-corrected chi connectivity index (χ1v) is 5.30. The van der Waals surface area contributed by atoms with Gasteiger partial charge >= 0.3 is 0 Å². The smallest absolute Gasteiger partial charge is 0.159 e. The SMILES string of the molecule is Cc1c2c(nc3ncccc13)CCNC2. The first kappa shape index (κ1) is 8.80. The summed E-state index contributed by atoms with van der Waals surface area (Å²) in [5.41, 5.74) is 4.80. The molecule has 0 saturated heterocycles. The molecule has 0 bridgehead atoms. The van der Waals surface area contributed by atoms with Crippen molar-refractivity contribution in [2.24, 2.45) is 0 Å². The molecule has 0 amide bonds. The van der Waals surface area contributed by atoms with Crippen LogP contribution in [-0.2, 0) is 13.0 Å². The third kappa shape index (κ3) is 1.31. The van der Waals surface area contributed by atoms with Gasteiger partial charge in [0.25, 0.3) is 0 Å². The maximum absolute atomic E-state index is 4.63. The Kier molecular flexibility index (Phi) is 1.92. The van der Waals surface area contributed by atoms with Crippen molar-refractivity contribution in [3.8, 4) is 0 Å². The van der Waals surface area contributed by atoms with E-state index in [0.29, 0.717) is 0 Å². The van der Waals surface area contributed by atoms with Gasteiger partial charge in [-0.05, 0) is 30.2 Å². The van der Waals surface area contributed by atoms with Crippen LogP contribution in [0.1, 0.15) is 16.8 Å². The highest BCUT2D eigenvalue weighted by Crippen LogP contribution is 2.23. The lowest BCUT2D eigenvalue weighted by atomic mass is 9.99. The van der Waals surface area contributed by atoms with Gasteiger partial charge in [0.1, 0.15) is 0 Å². The highest BCUT2D eigenvalue weighted by Gasteiger charge is 2.15. The first-order chi connectivity index (χ1) is 7.36. The van der Waals surface area contributed by atoms with Crippen LogP contribution >= 0.6 is 0 Å². The molecule has 1 aliphatic heterocycles. The Morgan fingerprint density at radius 3 is 3.27 bits per heavy atom. The summed E-state index contributed by atoms with van der Waals surface area (Å²) in [7, 11) is 0. The van der Waals surface area contributed by atoms with Crippen LogP contribution in [0, 0.1) is 6.92 Å². The molecular formula is C12H13N3. The van der Waals surface area contributed by atoms with Gasteiger partial charge in [-0.15, -0.1) is 0 Å². The summed E-state index contributed by atoms with van der Waals surface area (Å²) >= 11 is 0. The maximum Gasteiger partial charge on any atom is 0.159 e. The summed E-state index contributed by atoms with van der Waals surface area (Å²) in [6.07, 6.45) is 2.82. The molecule has 0 saturated carbocycles. The van der Waals surface area contributed by atoms with Crippen molar-refractivity contribution in [3.05, 3.63) is 35.2 Å². The van der Waals surface area contributed by atoms with Crippen molar-refractivity contribution in [2.75, 3.05) is 6.54 Å². The Balaban J connectivity index is 2.36. The van der Waals surface area contributed by atoms with Gasteiger partial charge in [-0.2, -0.15) is 0 Å². The van der Waals surface area contributed by atoms with Crippen molar-refractivity contribution >= 4 is 11.0 Å². The van der Waals surface area contributed by atoms with E-state index in [1.807, 2.05) is 12.3 Å². The number of aromatic nitrogens is 2. The number of rotatable bonds is 0. The van der Waals surface area contributed by atoms with E-state index in [2.05, 4.69) is 28.3 Å². The maximum atomic E-state index is 4.63. The molecule has 0 aliphatic carbocycles. The Morgan fingerprint density at radius 2 is 2.33 bits per heavy atom. The molecule has 0 aromatic carbocycles. The summed E-state index contributed by atoms with van der Waals surface area (Å²) in [5.74, 6) is 0. The lowest BCUT2D eigenvalue weighted by Gasteiger charge is -2.19. The third-order valence-corrected chi connectivity index (χ3v) is 3.07. The summed E-state index contributed by atoms with van der Waals surface area (Å²) < 4.78 is 0. The summed E-state index contributed by atoms with van der Waals surface area (Å²) in [6.45, 7) is 4.13. The molecule has 0 fully saturated rings. The average molecular weight is 199 g/mol. The summed E-state index contributed by atoms with van der Waals surface area (Å²) in [6, 6.07) is 4.07. The van der Waals surface area contributed by atoms with Gasteiger partial charge in [-0.1, -0.05) is 0 Å². The van der Waals surface area contributed by atoms with E-state index in [4.69, 9.17) is 0 Å². The summed E-state index contributed by atoms with van der Waals surface area (Å²) in [5, 5.41) is 4.57. The largest absolute Gasteiger partial charge is 0.312 e. The van der Waals surface area contributed by atoms with Crippen LogP contribution in [0.2, 0.25) is 0 Å². The number of pyridine rings is 2. The standard InChI is InChI=1S/C12H13N3/c1-8-9-3-2-5-14-12(9)15-11-4-6-13-7-10(8)11/h2-3,5,13H,4,6-7H2,1H3. The lowest BCUT2D eigenvalue weighted by molar-refractivity contribution is 0.629. The molecule has 3 heterocycles. The van der Waals surface area contributed by atoms with Crippen LogP contribution in [0.25, 0.3) is 11.0 Å². The van der Waals surface area contributed by atoms with Gasteiger partial charge in [0.15, 0.2) is 5.65 Å². The molecule has 2 aromatic rings. The molecule has 3 rings (SSSR count). The van der Waals surface area contributed by atoms with E-state index in [1.165, 1.54) is 22.2 Å². The molecule has 0 spiro atoms. The fourth-order valence-corrected chi connectivity index (χ4v) is 2.21. The second-order valence-corrected chi connectivity index (χ2v) is 3.96. The van der Waals surface area contributed by atoms with E-state index in [0.717, 1.165) is 25.2 Å². The second-order valence-electron chi connectivity index (χ2n) is 3.96. The molecule has 1 N–H and O–H groups in total. The van der Waals surface area contributed by atoms with Crippen LogP contribution in [0.4, 0.5) is 0 Å². The Hall–Kier alpha value is -1.48. The number of aryl methyl sites for hydroxylation is 1. The molecule has 0 atom stereocenters. The fourth-order valence-electron chi connectivity index (χ4n) is 2.21. The van der Waals surface area contributed by atoms with Gasteiger partial charge < -0.3 is 5.32 Å². The van der Waals surface area contributed by atoms with Crippen LogP contribution in [0.5, 0.6) is 0 Å². The molecule has 15 heavy (non-hydrogen) atoms. The zero-order valence-electron chi connectivity index (χ0n) is 8.75. The predicted molar refractivity (Wildman–Crippen MR) is 59.7 cm³/mol. The van der Waals surface area contributed by atoms with Gasteiger partial charge in [-0.25, -0.2) is 9.97 Å². The quantitative estimate of drug-likeness (QED) is 0.700. The van der Waals surface area contributed by atoms with Gasteiger partial charge in [0, 0.05) is 36.8 Å². The molecule has 0 unspecified atom stereocenters. The Morgan fingerprint density at radius 1 is 1.40 bits per heavy atom. The van der Waals surface area contributed by atoms with E-state index in [1.54, 1.807) is 0 Å². The number of nitrogens with zero attached hydrogens (tertiary/aromatic N) is 2. The van der Waals surface area contributed by atoms with E-state index < -0.39 is 0 Å². The Bertz CT molecular complexity index is 520. The minimum absolute atomic E-state index is 0.885. The van der Waals surface area contributed by atoms with E-state index in [-0.39, 0.29) is 0 Å². The highest BCUT2D eigenvalue weighted by molar-refractivity contribution is 5.80. The van der Waals surface area contributed by atoms with Crippen LogP contribution in [0.3, 0.4) is 0 Å². The minimum Gasteiger partial charge on any atom is -0.312 e. The van der Waals surface area contributed by atoms with Gasteiger partial charge in [0.05, 0.1) is 0 Å². The monoisotopic (exact) mass is 199 g/mol. The van der Waals surface area contributed by atoms with Crippen LogP contribution in [-0.4, -0.2) is 16.5 Å². The van der Waals surface area contributed by atoms with Crippen LogP contribution < -0.4 is 5.32 Å². The van der Waals surface area contributed by atoms with Gasteiger partial charge in [-0.3, -0.25) is 0 Å². The fraction of sp³-hybridized carbons (Fsp3) is 0.333.